The van der Waals surface area contributed by atoms with Crippen LogP contribution in [0.3, 0.4) is 0 Å². The highest BCUT2D eigenvalue weighted by Gasteiger charge is 2.16. The second kappa shape index (κ2) is 9.72. The predicted molar refractivity (Wildman–Crippen MR) is 132 cm³/mol. The molecule has 0 saturated heterocycles. The summed E-state index contributed by atoms with van der Waals surface area (Å²) in [4.78, 5) is 15.1. The zero-order valence-electron chi connectivity index (χ0n) is 18.4. The Hall–Kier alpha value is -3.89. The molecule has 0 atom stereocenters. The summed E-state index contributed by atoms with van der Waals surface area (Å²) in [5.41, 5.74) is 5.47. The molecule has 1 aliphatic rings. The first kappa shape index (κ1) is 21.0. The summed E-state index contributed by atoms with van der Waals surface area (Å²) in [5, 5.41) is 2.96. The van der Waals surface area contributed by atoms with Crippen LogP contribution >= 0.6 is 0 Å². The van der Waals surface area contributed by atoms with Crippen molar-refractivity contribution in [2.24, 2.45) is 0 Å². The summed E-state index contributed by atoms with van der Waals surface area (Å²) in [6.07, 6.45) is 1.09. The number of amides is 1. The predicted octanol–water partition coefficient (Wildman–Crippen LogP) is 6.29. The first-order chi connectivity index (χ1) is 16.2. The molecular weight excluding hydrogens is 408 g/mol. The number of carbonyl (C=O) groups is 1. The average Bonchev–Trinajstić information content (AvgIpc) is 2.86. The number of nitrogens with one attached hydrogen (secondary N) is 1. The maximum atomic E-state index is 12.7. The Morgan fingerprint density at radius 1 is 0.758 bits per heavy atom. The van der Waals surface area contributed by atoms with Gasteiger partial charge in [0.25, 0.3) is 5.91 Å². The first-order valence-electron chi connectivity index (χ1n) is 11.3. The van der Waals surface area contributed by atoms with Crippen LogP contribution in [0.2, 0.25) is 0 Å². The zero-order valence-corrected chi connectivity index (χ0v) is 18.4. The topological polar surface area (TPSA) is 41.6 Å². The molecule has 0 spiro atoms. The molecule has 0 aliphatic carbocycles. The molecule has 33 heavy (non-hydrogen) atoms. The minimum atomic E-state index is -0.120. The van der Waals surface area contributed by atoms with Gasteiger partial charge in [-0.15, -0.1) is 0 Å². The number of hydrogen-bond donors (Lipinski definition) is 1. The molecule has 0 aromatic heterocycles. The molecule has 4 aromatic carbocycles. The number of carbonyl (C=O) groups excluding carboxylic acids is 1. The molecule has 5 rings (SSSR count). The second-order valence-electron chi connectivity index (χ2n) is 8.32. The lowest BCUT2D eigenvalue weighted by atomic mass is 9.99. The van der Waals surface area contributed by atoms with Gasteiger partial charge in [0, 0.05) is 30.9 Å². The molecule has 1 aliphatic heterocycles. The van der Waals surface area contributed by atoms with Crippen LogP contribution in [0.5, 0.6) is 11.5 Å². The van der Waals surface area contributed by atoms with E-state index in [-0.39, 0.29) is 5.91 Å². The van der Waals surface area contributed by atoms with Crippen molar-refractivity contribution in [1.82, 2.24) is 4.90 Å². The normalized spacial score (nSPS) is 13.2. The van der Waals surface area contributed by atoms with Gasteiger partial charge in [-0.3, -0.25) is 9.69 Å². The van der Waals surface area contributed by atoms with Crippen molar-refractivity contribution in [2.45, 2.75) is 19.5 Å². The lowest BCUT2D eigenvalue weighted by molar-refractivity contribution is 0.102. The third-order valence-electron chi connectivity index (χ3n) is 5.92. The molecule has 1 N–H and O–H groups in total. The molecule has 0 fully saturated rings. The first-order valence-corrected chi connectivity index (χ1v) is 11.3. The summed E-state index contributed by atoms with van der Waals surface area (Å²) in [5.74, 6) is 1.39. The number of nitrogens with zero attached hydrogens (tertiary/aromatic N) is 1. The standard InChI is InChI=1S/C29H26N2O2/c32-29(30-26-14-16-28(17-15-26)33-27-8-2-1-3-9-27)24-12-10-22(11-13-24)20-31-19-18-23-6-4-5-7-25(23)21-31/h1-17H,18-21H2,(H,30,32). The molecule has 1 heterocycles. The largest absolute Gasteiger partial charge is 0.457 e. The Labute approximate surface area is 194 Å². The molecule has 4 aromatic rings. The Morgan fingerprint density at radius 3 is 2.18 bits per heavy atom. The Kier molecular flexibility index (Phi) is 6.18. The van der Waals surface area contributed by atoms with Crippen LogP contribution in [0.4, 0.5) is 5.69 Å². The smallest absolute Gasteiger partial charge is 0.255 e. The van der Waals surface area contributed by atoms with E-state index in [4.69, 9.17) is 4.74 Å². The number of fused-ring (bicyclic) bond motifs is 1. The summed E-state index contributed by atoms with van der Waals surface area (Å²) in [7, 11) is 0. The van der Waals surface area contributed by atoms with Crippen molar-refractivity contribution in [2.75, 3.05) is 11.9 Å². The number of anilines is 1. The number of rotatable bonds is 6. The number of hydrogen-bond acceptors (Lipinski definition) is 3. The van der Waals surface area contributed by atoms with Crippen LogP contribution in [0.25, 0.3) is 0 Å². The number of para-hydroxylation sites is 1. The average molecular weight is 435 g/mol. The highest BCUT2D eigenvalue weighted by Crippen LogP contribution is 2.23. The summed E-state index contributed by atoms with van der Waals surface area (Å²) < 4.78 is 5.80. The van der Waals surface area contributed by atoms with Crippen molar-refractivity contribution in [3.05, 3.63) is 125 Å². The van der Waals surface area contributed by atoms with Crippen molar-refractivity contribution >= 4 is 11.6 Å². The van der Waals surface area contributed by atoms with Gasteiger partial charge in [0.1, 0.15) is 11.5 Å². The zero-order chi connectivity index (χ0) is 22.5. The van der Waals surface area contributed by atoms with Crippen LogP contribution in [0.1, 0.15) is 27.0 Å². The third kappa shape index (κ3) is 5.30. The van der Waals surface area contributed by atoms with Gasteiger partial charge in [-0.2, -0.15) is 0 Å². The third-order valence-corrected chi connectivity index (χ3v) is 5.92. The molecule has 0 saturated carbocycles. The quantitative estimate of drug-likeness (QED) is 0.388. The molecule has 1 amide bonds. The van der Waals surface area contributed by atoms with Crippen LogP contribution < -0.4 is 10.1 Å². The van der Waals surface area contributed by atoms with Gasteiger partial charge in [-0.25, -0.2) is 0 Å². The van der Waals surface area contributed by atoms with Gasteiger partial charge < -0.3 is 10.1 Å². The summed E-state index contributed by atoms with van der Waals surface area (Å²) in [6.45, 7) is 2.92. The number of benzene rings is 4. The Bertz CT molecular complexity index is 1220. The van der Waals surface area contributed by atoms with Crippen LogP contribution in [-0.4, -0.2) is 17.4 Å². The van der Waals surface area contributed by atoms with E-state index in [1.165, 1.54) is 16.7 Å². The van der Waals surface area contributed by atoms with Gasteiger partial charge in [0.05, 0.1) is 0 Å². The van der Waals surface area contributed by atoms with Gasteiger partial charge in [-0.05, 0) is 71.6 Å². The Balaban J connectivity index is 1.16. The molecule has 0 radical (unpaired) electrons. The van der Waals surface area contributed by atoms with Crippen LogP contribution in [0.15, 0.2) is 103 Å². The molecule has 0 bridgehead atoms. The van der Waals surface area contributed by atoms with E-state index in [1.54, 1.807) is 0 Å². The van der Waals surface area contributed by atoms with Crippen molar-refractivity contribution < 1.29 is 9.53 Å². The fraction of sp³-hybridized carbons (Fsp3) is 0.138. The Morgan fingerprint density at radius 2 is 1.42 bits per heavy atom. The van der Waals surface area contributed by atoms with Crippen molar-refractivity contribution in [3.8, 4) is 11.5 Å². The summed E-state index contributed by atoms with van der Waals surface area (Å²) >= 11 is 0. The number of ether oxygens (including phenoxy) is 1. The fourth-order valence-corrected chi connectivity index (χ4v) is 4.14. The molecule has 164 valence electrons. The maximum absolute atomic E-state index is 12.7. The van der Waals surface area contributed by atoms with Crippen molar-refractivity contribution in [1.29, 1.82) is 0 Å². The van der Waals surface area contributed by atoms with Crippen LogP contribution in [-0.2, 0) is 19.5 Å². The van der Waals surface area contributed by atoms with E-state index in [0.717, 1.165) is 43.2 Å². The highest BCUT2D eigenvalue weighted by molar-refractivity contribution is 6.04. The van der Waals surface area contributed by atoms with Crippen LogP contribution in [0, 0.1) is 0 Å². The van der Waals surface area contributed by atoms with E-state index < -0.39 is 0 Å². The molecular formula is C29H26N2O2. The second-order valence-corrected chi connectivity index (χ2v) is 8.32. The van der Waals surface area contributed by atoms with Gasteiger partial charge in [0.2, 0.25) is 0 Å². The van der Waals surface area contributed by atoms with E-state index >= 15 is 0 Å². The summed E-state index contributed by atoms with van der Waals surface area (Å²) in [6, 6.07) is 33.6. The molecule has 4 heteroatoms. The molecule has 0 unspecified atom stereocenters. The fourth-order valence-electron chi connectivity index (χ4n) is 4.14. The SMILES string of the molecule is O=C(Nc1ccc(Oc2ccccc2)cc1)c1ccc(CN2CCc3ccccc3C2)cc1. The minimum Gasteiger partial charge on any atom is -0.457 e. The highest BCUT2D eigenvalue weighted by atomic mass is 16.5. The lowest BCUT2D eigenvalue weighted by Gasteiger charge is -2.28. The van der Waals surface area contributed by atoms with Gasteiger partial charge in [-0.1, -0.05) is 54.6 Å². The van der Waals surface area contributed by atoms with Crippen molar-refractivity contribution in [3.63, 3.8) is 0 Å². The van der Waals surface area contributed by atoms with E-state index in [2.05, 4.69) is 34.5 Å². The maximum Gasteiger partial charge on any atom is 0.255 e. The monoisotopic (exact) mass is 434 g/mol. The van der Waals surface area contributed by atoms with E-state index in [0.29, 0.717) is 5.56 Å². The lowest BCUT2D eigenvalue weighted by Crippen LogP contribution is -2.29. The molecule has 4 nitrogen and oxygen atoms in total. The van der Waals surface area contributed by atoms with E-state index in [1.807, 2.05) is 78.9 Å². The van der Waals surface area contributed by atoms with E-state index in [9.17, 15) is 4.79 Å². The minimum absolute atomic E-state index is 0.120. The van der Waals surface area contributed by atoms with Gasteiger partial charge >= 0.3 is 0 Å². The van der Waals surface area contributed by atoms with Gasteiger partial charge in [0.15, 0.2) is 0 Å².